The van der Waals surface area contributed by atoms with Crippen molar-refractivity contribution >= 4 is 28.2 Å². The van der Waals surface area contributed by atoms with E-state index in [0.29, 0.717) is 12.1 Å². The van der Waals surface area contributed by atoms with Crippen molar-refractivity contribution in [2.75, 3.05) is 24.0 Å². The molecule has 0 aliphatic rings. The highest BCUT2D eigenvalue weighted by Gasteiger charge is 2.13. The zero-order chi connectivity index (χ0) is 13.5. The average molecular weight is 287 g/mol. The van der Waals surface area contributed by atoms with E-state index >= 15 is 0 Å². The molecule has 1 N–H and O–H groups in total. The van der Waals surface area contributed by atoms with Gasteiger partial charge in [0, 0.05) is 36.8 Å². The van der Waals surface area contributed by atoms with Crippen LogP contribution < -0.4 is 10.2 Å². The molecule has 0 aromatic carbocycles. The van der Waals surface area contributed by atoms with Crippen LogP contribution in [0, 0.1) is 0 Å². The van der Waals surface area contributed by atoms with Crippen LogP contribution in [0.1, 0.15) is 32.1 Å². The third-order valence-electron chi connectivity index (χ3n) is 2.93. The monoisotopic (exact) mass is 287 g/mol. The summed E-state index contributed by atoms with van der Waals surface area (Å²) in [6.07, 6.45) is 5.36. The van der Waals surface area contributed by atoms with Gasteiger partial charge in [-0.1, -0.05) is 13.8 Å². The molecular formula is C13H25N3S2. The highest BCUT2D eigenvalue weighted by atomic mass is 32.2. The maximum atomic E-state index is 4.52. The van der Waals surface area contributed by atoms with Crippen molar-refractivity contribution in [2.24, 2.45) is 0 Å². The Bertz CT molecular complexity index is 339. The number of aromatic nitrogens is 1. The molecule has 1 heterocycles. The Hall–Kier alpha value is -0.260. The number of hydrogen-bond acceptors (Lipinski definition) is 5. The second-order valence-electron chi connectivity index (χ2n) is 4.89. The number of anilines is 1. The third kappa shape index (κ3) is 5.16. The maximum absolute atomic E-state index is 4.52. The minimum Gasteiger partial charge on any atom is -0.348 e. The fraction of sp³-hybridized carbons (Fsp3) is 0.769. The van der Waals surface area contributed by atoms with Crippen LogP contribution in [0.4, 0.5) is 5.13 Å². The second-order valence-corrected chi connectivity index (χ2v) is 6.97. The third-order valence-corrected chi connectivity index (χ3v) is 4.66. The molecule has 0 spiro atoms. The summed E-state index contributed by atoms with van der Waals surface area (Å²) in [5, 5.41) is 4.55. The van der Waals surface area contributed by atoms with Crippen LogP contribution >= 0.6 is 23.1 Å². The predicted octanol–water partition coefficient (Wildman–Crippen LogP) is 3.22. The normalized spacial score (nSPS) is 13.0. The van der Waals surface area contributed by atoms with Crippen molar-refractivity contribution in [3.63, 3.8) is 0 Å². The summed E-state index contributed by atoms with van der Waals surface area (Å²) in [5.41, 5.74) is 0. The molecule has 1 unspecified atom stereocenters. The Morgan fingerprint density at radius 2 is 2.17 bits per heavy atom. The number of nitrogens with one attached hydrogen (secondary N) is 1. The molecule has 5 heteroatoms. The zero-order valence-electron chi connectivity index (χ0n) is 12.1. The Kier molecular flexibility index (Phi) is 7.04. The number of hydrogen-bond donors (Lipinski definition) is 1. The molecule has 1 atom stereocenters. The molecular weight excluding hydrogens is 262 g/mol. The smallest absolute Gasteiger partial charge is 0.185 e. The highest BCUT2D eigenvalue weighted by Crippen LogP contribution is 2.24. The van der Waals surface area contributed by atoms with E-state index in [1.54, 1.807) is 11.3 Å². The maximum Gasteiger partial charge on any atom is 0.185 e. The van der Waals surface area contributed by atoms with E-state index in [-0.39, 0.29) is 0 Å². The van der Waals surface area contributed by atoms with Gasteiger partial charge in [0.15, 0.2) is 5.13 Å². The number of thiazole rings is 1. The molecule has 0 fully saturated rings. The van der Waals surface area contributed by atoms with Crippen LogP contribution in [-0.2, 0) is 6.54 Å². The van der Waals surface area contributed by atoms with Gasteiger partial charge in [-0.05, 0) is 25.4 Å². The lowest BCUT2D eigenvalue weighted by molar-refractivity contribution is 0.593. The van der Waals surface area contributed by atoms with Gasteiger partial charge < -0.3 is 10.2 Å². The molecule has 0 saturated heterocycles. The van der Waals surface area contributed by atoms with Gasteiger partial charge in [0.2, 0.25) is 0 Å². The summed E-state index contributed by atoms with van der Waals surface area (Å²) in [6.45, 7) is 7.52. The second kappa shape index (κ2) is 8.02. The predicted molar refractivity (Wildman–Crippen MR) is 85.0 cm³/mol. The number of rotatable bonds is 8. The summed E-state index contributed by atoms with van der Waals surface area (Å²) >= 11 is 3.70. The molecule has 1 aromatic rings. The lowest BCUT2D eigenvalue weighted by atomic mass is 10.2. The molecule has 0 saturated carbocycles. The van der Waals surface area contributed by atoms with Crippen molar-refractivity contribution in [3.8, 4) is 0 Å². The number of nitrogens with zero attached hydrogens (tertiary/aromatic N) is 2. The summed E-state index contributed by atoms with van der Waals surface area (Å²) in [4.78, 5) is 8.12. The van der Waals surface area contributed by atoms with E-state index in [1.165, 1.54) is 17.1 Å². The molecule has 0 amide bonds. The first-order valence-corrected chi connectivity index (χ1v) is 8.65. The Morgan fingerprint density at radius 3 is 2.78 bits per heavy atom. The average Bonchev–Trinajstić information content (AvgIpc) is 2.81. The van der Waals surface area contributed by atoms with Crippen LogP contribution in [0.15, 0.2) is 6.20 Å². The first-order valence-electron chi connectivity index (χ1n) is 6.44. The fourth-order valence-corrected chi connectivity index (χ4v) is 3.02. The Labute approximate surface area is 119 Å². The van der Waals surface area contributed by atoms with Crippen molar-refractivity contribution in [2.45, 2.75) is 45.8 Å². The van der Waals surface area contributed by atoms with E-state index in [9.17, 15) is 0 Å². The minimum absolute atomic E-state index is 0.522. The Balaban J connectivity index is 2.50. The van der Waals surface area contributed by atoms with Crippen molar-refractivity contribution < 1.29 is 0 Å². The van der Waals surface area contributed by atoms with Gasteiger partial charge in [-0.3, -0.25) is 0 Å². The van der Waals surface area contributed by atoms with Crippen LogP contribution in [0.3, 0.4) is 0 Å². The summed E-state index contributed by atoms with van der Waals surface area (Å²) in [7, 11) is 2.14. The highest BCUT2D eigenvalue weighted by molar-refractivity contribution is 7.98. The molecule has 0 aliphatic heterocycles. The molecule has 1 aromatic heterocycles. The van der Waals surface area contributed by atoms with Crippen LogP contribution in [-0.4, -0.2) is 36.1 Å². The van der Waals surface area contributed by atoms with Gasteiger partial charge in [0.05, 0.1) is 0 Å². The van der Waals surface area contributed by atoms with Gasteiger partial charge in [0.1, 0.15) is 0 Å². The fourth-order valence-electron chi connectivity index (χ4n) is 1.52. The molecule has 0 bridgehead atoms. The number of thioether (sulfide) groups is 1. The van der Waals surface area contributed by atoms with Gasteiger partial charge in [-0.25, -0.2) is 4.98 Å². The van der Waals surface area contributed by atoms with Gasteiger partial charge >= 0.3 is 0 Å². The van der Waals surface area contributed by atoms with E-state index in [2.05, 4.69) is 49.3 Å². The quantitative estimate of drug-likeness (QED) is 0.794. The van der Waals surface area contributed by atoms with Crippen molar-refractivity contribution in [1.29, 1.82) is 0 Å². The largest absolute Gasteiger partial charge is 0.348 e. The molecule has 104 valence electrons. The van der Waals surface area contributed by atoms with E-state index in [4.69, 9.17) is 0 Å². The minimum atomic E-state index is 0.522. The standard InChI is InChI=1S/C13H25N3S2/c1-10(2)14-8-12-9-15-13(18-12)16(4)11(3)6-7-17-5/h9-11,14H,6-8H2,1-5H3. The topological polar surface area (TPSA) is 28.2 Å². The summed E-state index contributed by atoms with van der Waals surface area (Å²) in [5.74, 6) is 1.21. The van der Waals surface area contributed by atoms with E-state index < -0.39 is 0 Å². The van der Waals surface area contributed by atoms with Crippen LogP contribution in [0.25, 0.3) is 0 Å². The molecule has 3 nitrogen and oxygen atoms in total. The Morgan fingerprint density at radius 1 is 1.44 bits per heavy atom. The first-order chi connectivity index (χ1) is 8.54. The summed E-state index contributed by atoms with van der Waals surface area (Å²) in [6, 6.07) is 1.07. The van der Waals surface area contributed by atoms with Crippen LogP contribution in [0.5, 0.6) is 0 Å². The SMILES string of the molecule is CSCCC(C)N(C)c1ncc(CNC(C)C)s1. The van der Waals surface area contributed by atoms with Gasteiger partial charge in [-0.15, -0.1) is 11.3 Å². The first kappa shape index (κ1) is 15.8. The molecule has 18 heavy (non-hydrogen) atoms. The van der Waals surface area contributed by atoms with Crippen molar-refractivity contribution in [3.05, 3.63) is 11.1 Å². The van der Waals surface area contributed by atoms with Crippen molar-refractivity contribution in [1.82, 2.24) is 10.3 Å². The lowest BCUT2D eigenvalue weighted by Crippen LogP contribution is -2.29. The molecule has 1 rings (SSSR count). The van der Waals surface area contributed by atoms with E-state index in [1.807, 2.05) is 18.0 Å². The van der Waals surface area contributed by atoms with E-state index in [0.717, 1.165) is 11.7 Å². The zero-order valence-corrected chi connectivity index (χ0v) is 13.7. The van der Waals surface area contributed by atoms with Gasteiger partial charge in [0.25, 0.3) is 0 Å². The molecule has 0 aliphatic carbocycles. The van der Waals surface area contributed by atoms with Crippen LogP contribution in [0.2, 0.25) is 0 Å². The summed E-state index contributed by atoms with van der Waals surface area (Å²) < 4.78 is 0. The lowest BCUT2D eigenvalue weighted by Gasteiger charge is -2.23. The molecule has 0 radical (unpaired) electrons. The van der Waals surface area contributed by atoms with Gasteiger partial charge in [-0.2, -0.15) is 11.8 Å².